The Morgan fingerprint density at radius 1 is 1.71 bits per heavy atom. The van der Waals surface area contributed by atoms with Crippen LogP contribution in [0.2, 0.25) is 0 Å². The minimum absolute atomic E-state index is 0.634. The average Bonchev–Trinajstić information content (AvgIpc) is 1.61. The van der Waals surface area contributed by atoms with Crippen molar-refractivity contribution in [3.05, 3.63) is 6.58 Å². The molecule has 0 aromatic heterocycles. The maximum Gasteiger partial charge on any atom is 0.0506 e. The number of nitrogens with zero attached hydrogens (tertiary/aromatic N) is 1. The van der Waals surface area contributed by atoms with Crippen LogP contribution >= 0.6 is 0 Å². The summed E-state index contributed by atoms with van der Waals surface area (Å²) in [6, 6.07) is 0. The van der Waals surface area contributed by atoms with Gasteiger partial charge in [0.15, 0.2) is 0 Å². The fraction of sp³-hybridized carbons (Fsp3) is 0.667. The molecule has 0 aromatic rings. The van der Waals surface area contributed by atoms with Gasteiger partial charge in [0, 0.05) is 0 Å². The molecule has 0 spiro atoms. The number of aliphatic imine (C=N–C) groups is 1. The van der Waals surface area contributed by atoms with Gasteiger partial charge < -0.3 is 0 Å². The SMILES string of the molecule is C=C=NCC(C)C. The minimum atomic E-state index is 0.634. The number of hydrogen-bond donors (Lipinski definition) is 0. The summed E-state index contributed by atoms with van der Waals surface area (Å²) in [6.07, 6.45) is 0. The van der Waals surface area contributed by atoms with Gasteiger partial charge in [0.2, 0.25) is 0 Å². The van der Waals surface area contributed by atoms with Crippen molar-refractivity contribution in [2.45, 2.75) is 13.8 Å². The van der Waals surface area contributed by atoms with E-state index in [1.54, 1.807) is 0 Å². The molecule has 0 bridgehead atoms. The van der Waals surface area contributed by atoms with Gasteiger partial charge in [-0.05, 0) is 18.4 Å². The van der Waals surface area contributed by atoms with E-state index in [4.69, 9.17) is 0 Å². The van der Waals surface area contributed by atoms with E-state index in [1.165, 1.54) is 0 Å². The fourth-order valence-corrected chi connectivity index (χ4v) is 0.247. The molecule has 0 saturated carbocycles. The standard InChI is InChI=1S/C6H11N/c1-4-7-5-6(2)3/h6H,1,5H2,2-3H3. The van der Waals surface area contributed by atoms with E-state index < -0.39 is 0 Å². The molecule has 0 N–H and O–H groups in total. The Hall–Kier alpha value is -0.550. The topological polar surface area (TPSA) is 12.4 Å². The molecule has 40 valence electrons. The number of rotatable bonds is 2. The zero-order valence-electron chi connectivity index (χ0n) is 4.94. The van der Waals surface area contributed by atoms with Gasteiger partial charge in [0.05, 0.1) is 6.54 Å². The molecule has 0 amide bonds. The van der Waals surface area contributed by atoms with E-state index in [0.29, 0.717) is 5.92 Å². The predicted molar refractivity (Wildman–Crippen MR) is 32.8 cm³/mol. The molecule has 0 atom stereocenters. The van der Waals surface area contributed by atoms with Crippen LogP contribution in [0.4, 0.5) is 0 Å². The van der Waals surface area contributed by atoms with Crippen molar-refractivity contribution in [1.82, 2.24) is 0 Å². The van der Waals surface area contributed by atoms with Crippen molar-refractivity contribution in [2.75, 3.05) is 6.54 Å². The van der Waals surface area contributed by atoms with Gasteiger partial charge in [-0.3, -0.25) is 0 Å². The summed E-state index contributed by atoms with van der Waals surface area (Å²) in [6.45, 7) is 8.42. The van der Waals surface area contributed by atoms with E-state index in [9.17, 15) is 0 Å². The third-order valence-corrected chi connectivity index (χ3v) is 0.568. The number of hydrogen-bond acceptors (Lipinski definition) is 1. The summed E-state index contributed by atoms with van der Waals surface area (Å²) in [5, 5.41) is 0. The Labute approximate surface area is 44.8 Å². The molecular weight excluding hydrogens is 86.1 g/mol. The van der Waals surface area contributed by atoms with E-state index >= 15 is 0 Å². The highest BCUT2D eigenvalue weighted by Gasteiger charge is 1.84. The third-order valence-electron chi connectivity index (χ3n) is 0.568. The first kappa shape index (κ1) is 6.45. The zero-order chi connectivity index (χ0) is 5.70. The normalized spacial score (nSPS) is 8.43. The molecule has 0 radical (unpaired) electrons. The molecule has 0 aliphatic heterocycles. The first-order chi connectivity index (χ1) is 3.27. The zero-order valence-corrected chi connectivity index (χ0v) is 4.94. The van der Waals surface area contributed by atoms with E-state index in [1.807, 2.05) is 0 Å². The minimum Gasteiger partial charge on any atom is -0.243 e. The van der Waals surface area contributed by atoms with Gasteiger partial charge in [-0.1, -0.05) is 13.8 Å². The van der Waals surface area contributed by atoms with Gasteiger partial charge in [0.25, 0.3) is 0 Å². The molecule has 1 heteroatoms. The second-order valence-electron chi connectivity index (χ2n) is 1.89. The molecule has 0 unspecified atom stereocenters. The quantitative estimate of drug-likeness (QED) is 0.463. The Balaban J connectivity index is 3.13. The van der Waals surface area contributed by atoms with E-state index in [0.717, 1.165) is 6.54 Å². The van der Waals surface area contributed by atoms with Crippen LogP contribution in [0.3, 0.4) is 0 Å². The molecule has 7 heavy (non-hydrogen) atoms. The first-order valence-electron chi connectivity index (χ1n) is 2.46. The van der Waals surface area contributed by atoms with Crippen molar-refractivity contribution in [2.24, 2.45) is 10.9 Å². The molecule has 0 aliphatic rings. The van der Waals surface area contributed by atoms with Crippen molar-refractivity contribution in [3.8, 4) is 0 Å². The lowest BCUT2D eigenvalue weighted by Crippen LogP contribution is -1.89. The highest BCUT2D eigenvalue weighted by atomic mass is 14.7. The Kier molecular flexibility index (Phi) is 3.35. The van der Waals surface area contributed by atoms with Crippen LogP contribution in [-0.4, -0.2) is 12.4 Å². The molecule has 0 rings (SSSR count). The van der Waals surface area contributed by atoms with Crippen molar-refractivity contribution in [1.29, 1.82) is 0 Å². The summed E-state index contributed by atoms with van der Waals surface area (Å²) in [7, 11) is 0. The Morgan fingerprint density at radius 3 is 2.43 bits per heavy atom. The lowest BCUT2D eigenvalue weighted by Gasteiger charge is -1.91. The summed E-state index contributed by atoms with van der Waals surface area (Å²) < 4.78 is 0. The van der Waals surface area contributed by atoms with Crippen LogP contribution in [0.15, 0.2) is 11.6 Å². The summed E-state index contributed by atoms with van der Waals surface area (Å²) >= 11 is 0. The predicted octanol–water partition coefficient (Wildman–Crippen LogP) is 1.50. The summed E-state index contributed by atoms with van der Waals surface area (Å²) in [5.74, 6) is 3.11. The highest BCUT2D eigenvalue weighted by molar-refractivity contribution is 5.46. The van der Waals surface area contributed by atoms with Crippen LogP contribution in [0, 0.1) is 5.92 Å². The maximum absolute atomic E-state index is 3.81. The second kappa shape index (κ2) is 3.63. The molecule has 0 saturated heterocycles. The van der Waals surface area contributed by atoms with Crippen LogP contribution in [0.1, 0.15) is 13.8 Å². The first-order valence-corrected chi connectivity index (χ1v) is 2.46. The van der Waals surface area contributed by atoms with Crippen LogP contribution < -0.4 is 0 Å². The largest absolute Gasteiger partial charge is 0.243 e. The van der Waals surface area contributed by atoms with Crippen molar-refractivity contribution < 1.29 is 0 Å². The summed E-state index contributed by atoms with van der Waals surface area (Å²) in [4.78, 5) is 3.81. The average molecular weight is 97.2 g/mol. The van der Waals surface area contributed by atoms with Gasteiger partial charge in [-0.2, -0.15) is 0 Å². The van der Waals surface area contributed by atoms with E-state index in [-0.39, 0.29) is 0 Å². The molecule has 0 aliphatic carbocycles. The summed E-state index contributed by atoms with van der Waals surface area (Å²) in [5.41, 5.74) is 0. The lowest BCUT2D eigenvalue weighted by atomic mass is 10.2. The molecule has 1 nitrogen and oxygen atoms in total. The Morgan fingerprint density at radius 2 is 2.29 bits per heavy atom. The van der Waals surface area contributed by atoms with Crippen LogP contribution in [0.25, 0.3) is 0 Å². The third kappa shape index (κ3) is 5.45. The van der Waals surface area contributed by atoms with Gasteiger partial charge >= 0.3 is 0 Å². The molecular formula is C6H11N. The van der Waals surface area contributed by atoms with Crippen LogP contribution in [-0.2, 0) is 0 Å². The molecule has 0 heterocycles. The second-order valence-corrected chi connectivity index (χ2v) is 1.89. The van der Waals surface area contributed by atoms with Gasteiger partial charge in [-0.25, -0.2) is 4.99 Å². The fourth-order valence-electron chi connectivity index (χ4n) is 0.247. The Bertz CT molecular complexity index is 78.2. The highest BCUT2D eigenvalue weighted by Crippen LogP contribution is 1.88. The van der Waals surface area contributed by atoms with Gasteiger partial charge in [0.1, 0.15) is 0 Å². The van der Waals surface area contributed by atoms with Gasteiger partial charge in [-0.15, -0.1) is 0 Å². The van der Waals surface area contributed by atoms with Crippen LogP contribution in [0.5, 0.6) is 0 Å². The molecule has 0 fully saturated rings. The molecule has 0 aromatic carbocycles. The van der Waals surface area contributed by atoms with E-state index in [2.05, 4.69) is 31.3 Å². The monoisotopic (exact) mass is 97.1 g/mol. The van der Waals surface area contributed by atoms with Crippen molar-refractivity contribution >= 4 is 5.87 Å². The van der Waals surface area contributed by atoms with Crippen molar-refractivity contribution in [3.63, 3.8) is 0 Å². The lowest BCUT2D eigenvalue weighted by molar-refractivity contribution is 0.668. The smallest absolute Gasteiger partial charge is 0.0506 e. The maximum atomic E-state index is 3.81.